The predicted molar refractivity (Wildman–Crippen MR) is 86.5 cm³/mol. The zero-order chi connectivity index (χ0) is 15.5. The molecule has 118 valence electrons. The minimum Gasteiger partial charge on any atom is -0.330 e. The molecule has 0 bridgehead atoms. The summed E-state index contributed by atoms with van der Waals surface area (Å²) in [5, 5.41) is 0. The summed E-state index contributed by atoms with van der Waals surface area (Å²) in [6.07, 6.45) is 1.89. The van der Waals surface area contributed by atoms with E-state index in [1.165, 1.54) is 4.31 Å². The largest absolute Gasteiger partial charge is 0.330 e. The maximum absolute atomic E-state index is 12.9. The van der Waals surface area contributed by atoms with E-state index in [1.807, 2.05) is 38.1 Å². The molecule has 0 amide bonds. The minimum atomic E-state index is -3.48. The van der Waals surface area contributed by atoms with Crippen molar-refractivity contribution in [3.8, 4) is 0 Å². The summed E-state index contributed by atoms with van der Waals surface area (Å²) in [6, 6.07) is 7.59. The van der Waals surface area contributed by atoms with Gasteiger partial charge in [-0.2, -0.15) is 12.7 Å². The molecule has 6 heteroatoms. The maximum Gasteiger partial charge on any atom is 0.304 e. The van der Waals surface area contributed by atoms with E-state index < -0.39 is 10.2 Å². The monoisotopic (exact) mass is 311 g/mol. The lowest BCUT2D eigenvalue weighted by Gasteiger charge is -2.36. The van der Waals surface area contributed by atoms with Gasteiger partial charge in [0, 0.05) is 19.6 Å². The highest BCUT2D eigenvalue weighted by molar-refractivity contribution is 7.90. The van der Waals surface area contributed by atoms with Crippen LogP contribution in [0.15, 0.2) is 24.3 Å². The summed E-state index contributed by atoms with van der Waals surface area (Å²) < 4.78 is 29.0. The molecule has 1 aliphatic heterocycles. The second kappa shape index (κ2) is 6.77. The third-order valence-electron chi connectivity index (χ3n) is 4.09. The molecule has 1 unspecified atom stereocenters. The number of para-hydroxylation sites is 1. The highest BCUT2D eigenvalue weighted by Crippen LogP contribution is 2.26. The standard InChI is InChI=1S/C15H25N3O2S/c1-3-18(15-9-5-4-7-13(15)2)21(19,20)17-10-6-8-14(11-16)12-17/h4-5,7,9,14H,3,6,8,10-12,16H2,1-2H3. The Morgan fingerprint density at radius 1 is 1.38 bits per heavy atom. The van der Waals surface area contributed by atoms with E-state index in [-0.39, 0.29) is 5.92 Å². The molecule has 21 heavy (non-hydrogen) atoms. The molecule has 2 rings (SSSR count). The molecule has 1 aromatic carbocycles. The van der Waals surface area contributed by atoms with Crippen molar-refractivity contribution in [3.63, 3.8) is 0 Å². The number of anilines is 1. The van der Waals surface area contributed by atoms with Crippen LogP contribution in [0.3, 0.4) is 0 Å². The van der Waals surface area contributed by atoms with Gasteiger partial charge in [0.15, 0.2) is 0 Å². The van der Waals surface area contributed by atoms with Crippen molar-refractivity contribution in [1.29, 1.82) is 0 Å². The number of aryl methyl sites for hydroxylation is 1. The fourth-order valence-corrected chi connectivity index (χ4v) is 4.69. The zero-order valence-corrected chi connectivity index (χ0v) is 13.6. The van der Waals surface area contributed by atoms with Gasteiger partial charge in [-0.15, -0.1) is 0 Å². The number of benzene rings is 1. The first kappa shape index (κ1) is 16.3. The number of nitrogens with two attached hydrogens (primary N) is 1. The van der Waals surface area contributed by atoms with Gasteiger partial charge in [-0.1, -0.05) is 18.2 Å². The molecule has 0 saturated carbocycles. The fraction of sp³-hybridized carbons (Fsp3) is 0.600. The van der Waals surface area contributed by atoms with Gasteiger partial charge >= 0.3 is 10.2 Å². The van der Waals surface area contributed by atoms with Crippen molar-refractivity contribution in [2.45, 2.75) is 26.7 Å². The molecule has 1 atom stereocenters. The SMILES string of the molecule is CCN(c1ccccc1C)S(=O)(=O)N1CCCC(CN)C1. The van der Waals surface area contributed by atoms with E-state index in [9.17, 15) is 8.42 Å². The smallest absolute Gasteiger partial charge is 0.304 e. The van der Waals surface area contributed by atoms with Crippen LogP contribution in [0.5, 0.6) is 0 Å². The Morgan fingerprint density at radius 2 is 2.10 bits per heavy atom. The Bertz CT molecular complexity index is 574. The van der Waals surface area contributed by atoms with E-state index in [0.29, 0.717) is 26.2 Å². The van der Waals surface area contributed by atoms with Crippen molar-refractivity contribution in [1.82, 2.24) is 4.31 Å². The Balaban J connectivity index is 2.30. The van der Waals surface area contributed by atoms with Gasteiger partial charge in [0.1, 0.15) is 0 Å². The van der Waals surface area contributed by atoms with E-state index in [0.717, 1.165) is 24.1 Å². The van der Waals surface area contributed by atoms with Gasteiger partial charge in [0.2, 0.25) is 0 Å². The van der Waals surface area contributed by atoms with Crippen LogP contribution in [0.4, 0.5) is 5.69 Å². The van der Waals surface area contributed by atoms with E-state index in [4.69, 9.17) is 5.73 Å². The lowest BCUT2D eigenvalue weighted by atomic mass is 10.0. The Morgan fingerprint density at radius 3 is 2.71 bits per heavy atom. The minimum absolute atomic E-state index is 0.268. The van der Waals surface area contributed by atoms with E-state index in [1.54, 1.807) is 4.31 Å². The van der Waals surface area contributed by atoms with Crippen LogP contribution < -0.4 is 10.0 Å². The maximum atomic E-state index is 12.9. The highest BCUT2D eigenvalue weighted by atomic mass is 32.2. The van der Waals surface area contributed by atoms with E-state index in [2.05, 4.69) is 0 Å². The number of rotatable bonds is 5. The summed E-state index contributed by atoms with van der Waals surface area (Å²) in [7, 11) is -3.48. The fourth-order valence-electron chi connectivity index (χ4n) is 2.87. The van der Waals surface area contributed by atoms with Gasteiger partial charge in [-0.25, -0.2) is 0 Å². The number of piperidine rings is 1. The average Bonchev–Trinajstić information content (AvgIpc) is 2.50. The lowest BCUT2D eigenvalue weighted by Crippen LogP contribution is -2.49. The molecule has 1 aliphatic rings. The van der Waals surface area contributed by atoms with Gasteiger partial charge < -0.3 is 5.73 Å². The zero-order valence-electron chi connectivity index (χ0n) is 12.8. The summed E-state index contributed by atoms with van der Waals surface area (Å²) in [4.78, 5) is 0. The Hall–Kier alpha value is -1.11. The molecule has 1 aromatic rings. The molecule has 2 N–H and O–H groups in total. The van der Waals surface area contributed by atoms with Crippen LogP contribution in [0.25, 0.3) is 0 Å². The van der Waals surface area contributed by atoms with Crippen LogP contribution in [-0.2, 0) is 10.2 Å². The lowest BCUT2D eigenvalue weighted by molar-refractivity contribution is 0.271. The predicted octanol–water partition coefficient (Wildman–Crippen LogP) is 1.74. The van der Waals surface area contributed by atoms with Crippen molar-refractivity contribution in [3.05, 3.63) is 29.8 Å². The number of nitrogens with zero attached hydrogens (tertiary/aromatic N) is 2. The van der Waals surface area contributed by atoms with Crippen molar-refractivity contribution in [2.24, 2.45) is 11.7 Å². The highest BCUT2D eigenvalue weighted by Gasteiger charge is 2.33. The van der Waals surface area contributed by atoms with Crippen LogP contribution in [0.1, 0.15) is 25.3 Å². The summed E-state index contributed by atoms with van der Waals surface area (Å²) in [5.74, 6) is 0.268. The molecule has 1 saturated heterocycles. The second-order valence-electron chi connectivity index (χ2n) is 5.56. The molecule has 5 nitrogen and oxygen atoms in total. The number of hydrogen-bond donors (Lipinski definition) is 1. The molecule has 0 aromatic heterocycles. The van der Waals surface area contributed by atoms with Crippen LogP contribution in [0, 0.1) is 12.8 Å². The van der Waals surface area contributed by atoms with Crippen LogP contribution >= 0.6 is 0 Å². The first-order chi connectivity index (χ1) is 10.0. The van der Waals surface area contributed by atoms with Gasteiger partial charge in [0.05, 0.1) is 5.69 Å². The normalized spacial score (nSPS) is 20.4. The molecule has 0 radical (unpaired) electrons. The average molecular weight is 311 g/mol. The molecule has 0 aliphatic carbocycles. The molecular weight excluding hydrogens is 286 g/mol. The van der Waals surface area contributed by atoms with Gasteiger partial charge in [-0.05, 0) is 50.8 Å². The molecule has 1 heterocycles. The number of hydrogen-bond acceptors (Lipinski definition) is 3. The summed E-state index contributed by atoms with van der Waals surface area (Å²) in [6.45, 7) is 5.89. The van der Waals surface area contributed by atoms with Crippen molar-refractivity contribution < 1.29 is 8.42 Å². The molecule has 1 fully saturated rings. The van der Waals surface area contributed by atoms with Crippen molar-refractivity contribution in [2.75, 3.05) is 30.5 Å². The third kappa shape index (κ3) is 3.39. The second-order valence-corrected chi connectivity index (χ2v) is 7.41. The Labute approximate surface area is 127 Å². The summed E-state index contributed by atoms with van der Waals surface area (Å²) >= 11 is 0. The third-order valence-corrected chi connectivity index (χ3v) is 6.09. The van der Waals surface area contributed by atoms with Crippen molar-refractivity contribution >= 4 is 15.9 Å². The van der Waals surface area contributed by atoms with Gasteiger partial charge in [-0.3, -0.25) is 4.31 Å². The van der Waals surface area contributed by atoms with Crippen LogP contribution in [0.2, 0.25) is 0 Å². The molecular formula is C15H25N3O2S. The van der Waals surface area contributed by atoms with Crippen LogP contribution in [-0.4, -0.2) is 38.9 Å². The first-order valence-electron chi connectivity index (χ1n) is 7.54. The van der Waals surface area contributed by atoms with Gasteiger partial charge in [0.25, 0.3) is 0 Å². The summed E-state index contributed by atoms with van der Waals surface area (Å²) in [5.41, 5.74) is 7.44. The quantitative estimate of drug-likeness (QED) is 0.900. The van der Waals surface area contributed by atoms with E-state index >= 15 is 0 Å². The molecule has 0 spiro atoms. The Kier molecular flexibility index (Phi) is 5.24. The first-order valence-corrected chi connectivity index (χ1v) is 8.94. The topological polar surface area (TPSA) is 66.6 Å².